The number of nitrogens with one attached hydrogen (secondary N) is 3. The average molecular weight is 598 g/mol. The van der Waals surface area contributed by atoms with Gasteiger partial charge < -0.3 is 30.5 Å². The Morgan fingerprint density at radius 3 is 2.23 bits per heavy atom. The first-order valence-electron chi connectivity index (χ1n) is 13.8. The minimum absolute atomic E-state index is 0.0174. The predicted octanol–water partition coefficient (Wildman–Crippen LogP) is 5.06. The van der Waals surface area contributed by atoms with E-state index in [4.69, 9.17) is 4.74 Å². The zero-order valence-corrected chi connectivity index (χ0v) is 23.3. The van der Waals surface area contributed by atoms with Crippen molar-refractivity contribution in [3.63, 3.8) is 0 Å². The fourth-order valence-electron chi connectivity index (χ4n) is 4.54. The van der Waals surface area contributed by atoms with Crippen LogP contribution in [0.25, 0.3) is 0 Å². The fraction of sp³-hybridized carbons (Fsp3) is 0.345. The van der Waals surface area contributed by atoms with E-state index in [9.17, 15) is 27.6 Å². The van der Waals surface area contributed by atoms with Gasteiger partial charge in [-0.25, -0.2) is 14.8 Å². The first-order chi connectivity index (χ1) is 20.6. The minimum Gasteiger partial charge on any atom is -0.439 e. The number of carbonyl (C=O) groups excluding carboxylic acids is 3. The van der Waals surface area contributed by atoms with E-state index >= 15 is 0 Å². The number of urea groups is 1. The Morgan fingerprint density at radius 2 is 1.58 bits per heavy atom. The van der Waals surface area contributed by atoms with Crippen LogP contribution in [0.5, 0.6) is 11.6 Å². The highest BCUT2D eigenvalue weighted by molar-refractivity contribution is 6.01. The molecule has 3 N–H and O–H groups in total. The Kier molecular flexibility index (Phi) is 8.76. The van der Waals surface area contributed by atoms with Gasteiger partial charge >= 0.3 is 12.2 Å². The fourth-order valence-corrected chi connectivity index (χ4v) is 4.54. The molecule has 1 saturated carbocycles. The largest absolute Gasteiger partial charge is 0.439 e. The van der Waals surface area contributed by atoms with Crippen LogP contribution < -0.4 is 20.7 Å². The molecule has 2 aliphatic rings. The van der Waals surface area contributed by atoms with Gasteiger partial charge in [0, 0.05) is 49.5 Å². The number of piperazine rings is 1. The molecule has 5 rings (SSSR count). The number of rotatable bonds is 8. The van der Waals surface area contributed by atoms with Crippen LogP contribution in [0.2, 0.25) is 0 Å². The summed E-state index contributed by atoms with van der Waals surface area (Å²) in [6.07, 6.45) is -1.82. The van der Waals surface area contributed by atoms with E-state index in [1.807, 2.05) is 6.92 Å². The Labute approximate surface area is 245 Å². The van der Waals surface area contributed by atoms with Gasteiger partial charge in [0.1, 0.15) is 17.9 Å². The average Bonchev–Trinajstić information content (AvgIpc) is 3.84. The van der Waals surface area contributed by atoms with Crippen molar-refractivity contribution in [2.45, 2.75) is 25.9 Å². The van der Waals surface area contributed by atoms with Gasteiger partial charge in [-0.05, 0) is 61.9 Å². The molecule has 14 heteroatoms. The Balaban J connectivity index is 1.19. The summed E-state index contributed by atoms with van der Waals surface area (Å²) in [5.74, 6) is 0.128. The molecule has 0 bridgehead atoms. The third kappa shape index (κ3) is 7.77. The van der Waals surface area contributed by atoms with Crippen LogP contribution in [0, 0.1) is 5.92 Å². The van der Waals surface area contributed by atoms with Crippen molar-refractivity contribution < 1.29 is 32.3 Å². The summed E-state index contributed by atoms with van der Waals surface area (Å²) < 4.78 is 47.4. The van der Waals surface area contributed by atoms with Gasteiger partial charge in [0.15, 0.2) is 0 Å². The summed E-state index contributed by atoms with van der Waals surface area (Å²) in [6.45, 7) is 4.67. The van der Waals surface area contributed by atoms with E-state index in [0.29, 0.717) is 43.4 Å². The second-order valence-corrected chi connectivity index (χ2v) is 10.2. The number of likely N-dealkylation sites (N-methyl/N-ethyl adjacent to an activating group) is 1. The lowest BCUT2D eigenvalue weighted by Crippen LogP contribution is -2.48. The normalized spacial score (nSPS) is 15.5. The van der Waals surface area contributed by atoms with Crippen LogP contribution in [0.3, 0.4) is 0 Å². The highest BCUT2D eigenvalue weighted by Gasteiger charge is 2.37. The van der Waals surface area contributed by atoms with Gasteiger partial charge in [-0.3, -0.25) is 9.59 Å². The summed E-state index contributed by atoms with van der Waals surface area (Å²) in [4.78, 5) is 49.0. The van der Waals surface area contributed by atoms with Gasteiger partial charge in [0.2, 0.25) is 11.8 Å². The van der Waals surface area contributed by atoms with Crippen LogP contribution in [0.4, 0.5) is 35.2 Å². The van der Waals surface area contributed by atoms with Crippen molar-refractivity contribution in [2.24, 2.45) is 5.92 Å². The topological polar surface area (TPSA) is 129 Å². The smallest absolute Gasteiger partial charge is 0.417 e. The highest BCUT2D eigenvalue weighted by atomic mass is 19.4. The molecular weight excluding hydrogens is 567 g/mol. The highest BCUT2D eigenvalue weighted by Crippen LogP contribution is 2.35. The Hall–Kier alpha value is -4.72. The summed E-state index contributed by atoms with van der Waals surface area (Å²) in [6, 6.07) is 10.0. The molecule has 3 aromatic rings. The first-order valence-corrected chi connectivity index (χ1v) is 13.8. The molecule has 43 heavy (non-hydrogen) atoms. The molecule has 0 atom stereocenters. The number of ether oxygens (including phenoxy) is 1. The van der Waals surface area contributed by atoms with Crippen LogP contribution in [0.15, 0.2) is 54.9 Å². The third-order valence-corrected chi connectivity index (χ3v) is 7.10. The Bertz CT molecular complexity index is 1490. The van der Waals surface area contributed by atoms with Crippen molar-refractivity contribution in [1.82, 2.24) is 19.8 Å². The zero-order valence-electron chi connectivity index (χ0n) is 23.3. The molecule has 0 radical (unpaired) electrons. The molecule has 4 amide bonds. The molecule has 1 aromatic heterocycles. The van der Waals surface area contributed by atoms with Gasteiger partial charge in [0.05, 0.1) is 11.1 Å². The lowest BCUT2D eigenvalue weighted by Gasteiger charge is -2.34. The standard InChI is InChI=1S/C29H30F3N7O4/c1-2-38-11-13-39(14-12-38)27(41)22-10-7-20(15-23(22)29(30,31)32)36-28(42)35-19-5-8-21(9-6-19)43-25-16-24(33-17-34-25)37-26(40)18-3-4-18/h5-10,15-18H,2-4,11-14H2,1H3,(H2,35,36,42)(H,33,34,37,40). The molecule has 11 nitrogen and oxygen atoms in total. The first kappa shape index (κ1) is 29.8. The van der Waals surface area contributed by atoms with E-state index in [1.54, 1.807) is 12.1 Å². The summed E-state index contributed by atoms with van der Waals surface area (Å²) in [5.41, 5.74) is -1.35. The van der Waals surface area contributed by atoms with Crippen molar-refractivity contribution in [3.05, 3.63) is 66.0 Å². The predicted molar refractivity (Wildman–Crippen MR) is 152 cm³/mol. The molecule has 1 aliphatic heterocycles. The van der Waals surface area contributed by atoms with Crippen LogP contribution in [0.1, 0.15) is 35.7 Å². The van der Waals surface area contributed by atoms with Crippen LogP contribution in [-0.2, 0) is 11.0 Å². The molecule has 2 fully saturated rings. The number of benzene rings is 2. The lowest BCUT2D eigenvalue weighted by molar-refractivity contribution is -0.138. The number of alkyl halides is 3. The van der Waals surface area contributed by atoms with E-state index < -0.39 is 29.2 Å². The quantitative estimate of drug-likeness (QED) is 0.331. The molecule has 1 saturated heterocycles. The van der Waals surface area contributed by atoms with Gasteiger partial charge in [-0.15, -0.1) is 0 Å². The number of aromatic nitrogens is 2. The maximum absolute atomic E-state index is 13.9. The molecule has 226 valence electrons. The number of anilines is 3. The molecule has 0 spiro atoms. The second kappa shape index (κ2) is 12.7. The molecule has 2 heterocycles. The third-order valence-electron chi connectivity index (χ3n) is 7.10. The van der Waals surface area contributed by atoms with Crippen LogP contribution >= 0.6 is 0 Å². The lowest BCUT2D eigenvalue weighted by atomic mass is 10.0. The van der Waals surface area contributed by atoms with Gasteiger partial charge in [0.25, 0.3) is 5.91 Å². The summed E-state index contributed by atoms with van der Waals surface area (Å²) >= 11 is 0. The number of hydrogen-bond donors (Lipinski definition) is 3. The SMILES string of the molecule is CCN1CCN(C(=O)c2ccc(NC(=O)Nc3ccc(Oc4cc(NC(=O)C5CC5)ncn4)cc3)cc2C(F)(F)F)CC1. The Morgan fingerprint density at radius 1 is 0.907 bits per heavy atom. The number of carbonyl (C=O) groups is 3. The monoisotopic (exact) mass is 597 g/mol. The number of amides is 4. The van der Waals surface area contributed by atoms with E-state index in [2.05, 4.69) is 30.8 Å². The zero-order chi connectivity index (χ0) is 30.6. The number of halogens is 3. The minimum atomic E-state index is -4.80. The maximum Gasteiger partial charge on any atom is 0.417 e. The van der Waals surface area contributed by atoms with E-state index in [-0.39, 0.29) is 23.4 Å². The van der Waals surface area contributed by atoms with Crippen molar-refractivity contribution in [1.29, 1.82) is 0 Å². The second-order valence-electron chi connectivity index (χ2n) is 10.2. The van der Waals surface area contributed by atoms with E-state index in [0.717, 1.165) is 31.5 Å². The summed E-state index contributed by atoms with van der Waals surface area (Å²) in [5, 5.41) is 7.64. The molecule has 1 aliphatic carbocycles. The van der Waals surface area contributed by atoms with E-state index in [1.165, 1.54) is 35.5 Å². The molecule has 2 aromatic carbocycles. The molecule has 0 unspecified atom stereocenters. The van der Waals surface area contributed by atoms with Crippen molar-refractivity contribution in [2.75, 3.05) is 48.7 Å². The van der Waals surface area contributed by atoms with Crippen molar-refractivity contribution >= 4 is 35.0 Å². The van der Waals surface area contributed by atoms with Crippen LogP contribution in [-0.4, -0.2) is 70.3 Å². The molecular formula is C29H30F3N7O4. The number of hydrogen-bond acceptors (Lipinski definition) is 7. The van der Waals surface area contributed by atoms with Gasteiger partial charge in [-0.1, -0.05) is 6.92 Å². The summed E-state index contributed by atoms with van der Waals surface area (Å²) in [7, 11) is 0. The van der Waals surface area contributed by atoms with Gasteiger partial charge in [-0.2, -0.15) is 13.2 Å². The number of nitrogens with zero attached hydrogens (tertiary/aromatic N) is 4. The van der Waals surface area contributed by atoms with Crippen molar-refractivity contribution in [3.8, 4) is 11.6 Å². The maximum atomic E-state index is 13.9.